The molecule has 15 heavy (non-hydrogen) atoms. The van der Waals surface area contributed by atoms with E-state index in [1.54, 1.807) is 0 Å². The molecule has 3 rings (SSSR count). The van der Waals surface area contributed by atoms with E-state index in [0.717, 1.165) is 23.7 Å². The molecule has 0 aromatic rings. The van der Waals surface area contributed by atoms with Gasteiger partial charge in [0.2, 0.25) is 5.91 Å². The van der Waals surface area contributed by atoms with Gasteiger partial charge in [-0.15, -0.1) is 11.6 Å². The highest BCUT2D eigenvalue weighted by atomic mass is 35.5. The van der Waals surface area contributed by atoms with E-state index < -0.39 is 0 Å². The minimum atomic E-state index is 0.0174. The maximum atomic E-state index is 11.3. The first-order valence-corrected chi connectivity index (χ1v) is 6.68. The van der Waals surface area contributed by atoms with Crippen LogP contribution in [0.1, 0.15) is 32.1 Å². The molecule has 5 atom stereocenters. The fourth-order valence-electron chi connectivity index (χ4n) is 4.48. The van der Waals surface area contributed by atoms with Crippen LogP contribution in [0.3, 0.4) is 0 Å². The van der Waals surface area contributed by atoms with Gasteiger partial charge in [0.25, 0.3) is 0 Å². The SMILES string of the molecule is O=C(CCl)NC1CC2CC1C1CCCC21. The van der Waals surface area contributed by atoms with Gasteiger partial charge in [-0.25, -0.2) is 0 Å². The van der Waals surface area contributed by atoms with Crippen molar-refractivity contribution in [3.63, 3.8) is 0 Å². The van der Waals surface area contributed by atoms with Gasteiger partial charge in [-0.05, 0) is 49.4 Å². The van der Waals surface area contributed by atoms with Crippen LogP contribution in [-0.2, 0) is 4.79 Å². The Labute approximate surface area is 95.8 Å². The number of carbonyl (C=O) groups is 1. The number of rotatable bonds is 2. The topological polar surface area (TPSA) is 29.1 Å². The second-order valence-electron chi connectivity index (χ2n) is 5.46. The fourth-order valence-corrected chi connectivity index (χ4v) is 4.56. The van der Waals surface area contributed by atoms with Gasteiger partial charge in [-0.3, -0.25) is 4.79 Å². The first-order chi connectivity index (χ1) is 7.29. The number of fused-ring (bicyclic) bond motifs is 5. The summed E-state index contributed by atoms with van der Waals surface area (Å²) in [5.41, 5.74) is 0. The number of nitrogens with one attached hydrogen (secondary N) is 1. The predicted octanol–water partition coefficient (Wildman–Crippen LogP) is 2.17. The smallest absolute Gasteiger partial charge is 0.235 e. The van der Waals surface area contributed by atoms with E-state index in [1.807, 2.05) is 0 Å². The van der Waals surface area contributed by atoms with Crippen molar-refractivity contribution < 1.29 is 4.79 Å². The Hall–Kier alpha value is -0.240. The van der Waals surface area contributed by atoms with Crippen molar-refractivity contribution in [1.29, 1.82) is 0 Å². The molecule has 2 bridgehead atoms. The maximum absolute atomic E-state index is 11.3. The summed E-state index contributed by atoms with van der Waals surface area (Å²) < 4.78 is 0. The molecular formula is C12H18ClNO. The molecule has 5 unspecified atom stereocenters. The third kappa shape index (κ3) is 1.49. The number of carbonyl (C=O) groups excluding carboxylic acids is 1. The largest absolute Gasteiger partial charge is 0.352 e. The van der Waals surface area contributed by atoms with Crippen molar-refractivity contribution in [2.24, 2.45) is 23.7 Å². The molecule has 1 amide bonds. The summed E-state index contributed by atoms with van der Waals surface area (Å²) in [7, 11) is 0. The van der Waals surface area contributed by atoms with Crippen LogP contribution in [0, 0.1) is 23.7 Å². The normalized spacial score (nSPS) is 46.9. The second kappa shape index (κ2) is 3.65. The Morgan fingerprint density at radius 2 is 2.00 bits per heavy atom. The van der Waals surface area contributed by atoms with Crippen LogP contribution in [0.15, 0.2) is 0 Å². The van der Waals surface area contributed by atoms with Crippen LogP contribution < -0.4 is 5.32 Å². The van der Waals surface area contributed by atoms with E-state index in [0.29, 0.717) is 6.04 Å². The van der Waals surface area contributed by atoms with Crippen molar-refractivity contribution in [3.05, 3.63) is 0 Å². The summed E-state index contributed by atoms with van der Waals surface area (Å²) in [5.74, 6) is 3.73. The van der Waals surface area contributed by atoms with E-state index in [2.05, 4.69) is 5.32 Å². The van der Waals surface area contributed by atoms with Crippen molar-refractivity contribution in [2.75, 3.05) is 5.88 Å². The molecule has 0 saturated heterocycles. The third-order valence-electron chi connectivity index (χ3n) is 4.90. The number of hydrogen-bond donors (Lipinski definition) is 1. The van der Waals surface area contributed by atoms with Crippen molar-refractivity contribution >= 4 is 17.5 Å². The summed E-state index contributed by atoms with van der Waals surface area (Å²) in [6.45, 7) is 0. The van der Waals surface area contributed by atoms with Gasteiger partial charge in [0, 0.05) is 6.04 Å². The summed E-state index contributed by atoms with van der Waals surface area (Å²) in [6, 6.07) is 0.445. The highest BCUT2D eigenvalue weighted by Crippen LogP contribution is 2.58. The number of amides is 1. The molecule has 0 aromatic carbocycles. The molecule has 0 aliphatic heterocycles. The first kappa shape index (κ1) is 9.95. The van der Waals surface area contributed by atoms with Crippen LogP contribution in [0.25, 0.3) is 0 Å². The molecule has 3 heteroatoms. The molecule has 0 aromatic heterocycles. The van der Waals surface area contributed by atoms with Gasteiger partial charge in [0.15, 0.2) is 0 Å². The highest BCUT2D eigenvalue weighted by Gasteiger charge is 2.53. The quantitative estimate of drug-likeness (QED) is 0.720. The van der Waals surface area contributed by atoms with Gasteiger partial charge >= 0.3 is 0 Å². The summed E-state index contributed by atoms with van der Waals surface area (Å²) >= 11 is 5.53. The standard InChI is InChI=1S/C12H18ClNO/c13-6-12(15)14-11-5-7-4-10(11)9-3-1-2-8(7)9/h7-11H,1-6H2,(H,14,15). The van der Waals surface area contributed by atoms with Gasteiger partial charge in [-0.2, -0.15) is 0 Å². The summed E-state index contributed by atoms with van der Waals surface area (Å²) in [6.07, 6.45) is 6.84. The van der Waals surface area contributed by atoms with Gasteiger partial charge in [0.05, 0.1) is 0 Å². The van der Waals surface area contributed by atoms with Crippen molar-refractivity contribution in [2.45, 2.75) is 38.1 Å². The Morgan fingerprint density at radius 1 is 1.20 bits per heavy atom. The van der Waals surface area contributed by atoms with Crippen LogP contribution in [0.2, 0.25) is 0 Å². The van der Waals surface area contributed by atoms with Gasteiger partial charge in [0.1, 0.15) is 5.88 Å². The zero-order valence-corrected chi connectivity index (χ0v) is 9.67. The van der Waals surface area contributed by atoms with E-state index in [4.69, 9.17) is 11.6 Å². The molecular weight excluding hydrogens is 210 g/mol. The first-order valence-electron chi connectivity index (χ1n) is 6.15. The Balaban J connectivity index is 1.68. The third-order valence-corrected chi connectivity index (χ3v) is 5.14. The Kier molecular flexibility index (Phi) is 2.42. The number of hydrogen-bond acceptors (Lipinski definition) is 1. The van der Waals surface area contributed by atoms with Crippen LogP contribution in [-0.4, -0.2) is 17.8 Å². The zero-order chi connectivity index (χ0) is 10.4. The lowest BCUT2D eigenvalue weighted by Gasteiger charge is -2.31. The van der Waals surface area contributed by atoms with Crippen LogP contribution in [0.4, 0.5) is 0 Å². The molecule has 0 spiro atoms. The van der Waals surface area contributed by atoms with Crippen LogP contribution >= 0.6 is 11.6 Å². The van der Waals surface area contributed by atoms with E-state index in [-0.39, 0.29) is 11.8 Å². The maximum Gasteiger partial charge on any atom is 0.235 e. The highest BCUT2D eigenvalue weighted by molar-refractivity contribution is 6.27. The van der Waals surface area contributed by atoms with Gasteiger partial charge in [-0.1, -0.05) is 6.42 Å². The lowest BCUT2D eigenvalue weighted by Crippen LogP contribution is -2.42. The molecule has 84 valence electrons. The number of alkyl halides is 1. The molecule has 3 aliphatic carbocycles. The molecule has 0 radical (unpaired) electrons. The minimum absolute atomic E-state index is 0.0174. The van der Waals surface area contributed by atoms with E-state index in [9.17, 15) is 4.79 Å². The zero-order valence-electron chi connectivity index (χ0n) is 8.92. The average molecular weight is 228 g/mol. The lowest BCUT2D eigenvalue weighted by atomic mass is 9.79. The van der Waals surface area contributed by atoms with Crippen LogP contribution in [0.5, 0.6) is 0 Å². The minimum Gasteiger partial charge on any atom is -0.352 e. The van der Waals surface area contributed by atoms with Gasteiger partial charge < -0.3 is 5.32 Å². The summed E-state index contributed by atoms with van der Waals surface area (Å²) in [4.78, 5) is 11.3. The Bertz CT molecular complexity index is 281. The molecule has 0 heterocycles. The second-order valence-corrected chi connectivity index (χ2v) is 5.73. The Morgan fingerprint density at radius 3 is 2.80 bits per heavy atom. The van der Waals surface area contributed by atoms with Crippen molar-refractivity contribution in [3.8, 4) is 0 Å². The molecule has 3 aliphatic rings. The molecule has 3 fully saturated rings. The summed E-state index contributed by atoms with van der Waals surface area (Å²) in [5, 5.41) is 3.10. The molecule has 1 N–H and O–H groups in total. The predicted molar refractivity (Wildman–Crippen MR) is 59.7 cm³/mol. The number of halogens is 1. The lowest BCUT2D eigenvalue weighted by molar-refractivity contribution is -0.119. The molecule has 3 saturated carbocycles. The molecule has 2 nitrogen and oxygen atoms in total. The fraction of sp³-hybridized carbons (Fsp3) is 0.917. The van der Waals surface area contributed by atoms with E-state index >= 15 is 0 Å². The van der Waals surface area contributed by atoms with Crippen molar-refractivity contribution in [1.82, 2.24) is 5.32 Å². The average Bonchev–Trinajstić information content (AvgIpc) is 2.87. The monoisotopic (exact) mass is 227 g/mol. The van der Waals surface area contributed by atoms with E-state index in [1.165, 1.54) is 32.1 Å².